The van der Waals surface area contributed by atoms with E-state index >= 15 is 0 Å². The van der Waals surface area contributed by atoms with Crippen molar-refractivity contribution >= 4 is 21.9 Å². The number of carbonyl (C=O) groups is 1. The van der Waals surface area contributed by atoms with Gasteiger partial charge in [-0.2, -0.15) is 13.2 Å². The fourth-order valence-corrected chi connectivity index (χ4v) is 1.77. The summed E-state index contributed by atoms with van der Waals surface area (Å²) in [6.07, 6.45) is -5.01. The highest BCUT2D eigenvalue weighted by atomic mass is 79.9. The molecular weight excluding hydrogens is 350 g/mol. The van der Waals surface area contributed by atoms with E-state index in [9.17, 15) is 22.4 Å². The van der Waals surface area contributed by atoms with Crippen molar-refractivity contribution in [2.75, 3.05) is 0 Å². The lowest BCUT2D eigenvalue weighted by Gasteiger charge is -2.01. The fraction of sp³-hybridized carbons (Fsp3) is 0.0909. The summed E-state index contributed by atoms with van der Waals surface area (Å²) >= 11 is 2.98. The predicted molar refractivity (Wildman–Crippen MR) is 61.6 cm³/mol. The maximum atomic E-state index is 13.6. The highest BCUT2D eigenvalue weighted by Gasteiger charge is 2.41. The summed E-state index contributed by atoms with van der Waals surface area (Å²) in [6, 6.07) is 3.47. The second-order valence-corrected chi connectivity index (χ2v) is 4.54. The Morgan fingerprint density at radius 2 is 2.00 bits per heavy atom. The van der Waals surface area contributed by atoms with Gasteiger partial charge in [0.15, 0.2) is 5.69 Å². The maximum absolute atomic E-state index is 13.6. The Morgan fingerprint density at radius 3 is 2.45 bits per heavy atom. The van der Waals surface area contributed by atoms with Crippen LogP contribution in [-0.4, -0.2) is 16.1 Å². The first-order valence-electron chi connectivity index (χ1n) is 4.97. The summed E-state index contributed by atoms with van der Waals surface area (Å²) in [5, 5.41) is 8.67. The van der Waals surface area contributed by atoms with Crippen molar-refractivity contribution in [3.8, 4) is 11.5 Å². The molecule has 106 valence electrons. The van der Waals surface area contributed by atoms with E-state index in [1.54, 1.807) is 0 Å². The quantitative estimate of drug-likeness (QED) is 0.830. The van der Waals surface area contributed by atoms with Gasteiger partial charge in [-0.15, -0.1) is 0 Å². The third-order valence-corrected chi connectivity index (χ3v) is 2.74. The SMILES string of the molecule is O=C(O)c1oc(-c2ccc(Br)cc2F)nc1C(F)(F)F. The van der Waals surface area contributed by atoms with Crippen LogP contribution in [0.15, 0.2) is 27.1 Å². The summed E-state index contributed by atoms with van der Waals surface area (Å²) in [6.45, 7) is 0. The molecule has 0 radical (unpaired) electrons. The van der Waals surface area contributed by atoms with E-state index in [1.807, 2.05) is 0 Å². The van der Waals surface area contributed by atoms with Gasteiger partial charge < -0.3 is 9.52 Å². The van der Waals surface area contributed by atoms with Gasteiger partial charge in [-0.3, -0.25) is 0 Å². The van der Waals surface area contributed by atoms with Crippen molar-refractivity contribution in [1.29, 1.82) is 0 Å². The number of hydrogen-bond donors (Lipinski definition) is 1. The van der Waals surface area contributed by atoms with Crippen LogP contribution in [-0.2, 0) is 6.18 Å². The van der Waals surface area contributed by atoms with Gasteiger partial charge in [0.2, 0.25) is 11.7 Å². The molecule has 0 saturated heterocycles. The van der Waals surface area contributed by atoms with E-state index in [-0.39, 0.29) is 5.56 Å². The first kappa shape index (κ1) is 14.5. The molecule has 2 rings (SSSR count). The first-order chi connectivity index (χ1) is 9.20. The van der Waals surface area contributed by atoms with Crippen LogP contribution in [0.3, 0.4) is 0 Å². The lowest BCUT2D eigenvalue weighted by atomic mass is 10.2. The first-order valence-corrected chi connectivity index (χ1v) is 5.76. The molecule has 0 unspecified atom stereocenters. The molecule has 1 heterocycles. The van der Waals surface area contributed by atoms with Gasteiger partial charge in [-0.25, -0.2) is 14.2 Å². The Labute approximate surface area is 117 Å². The normalized spacial score (nSPS) is 11.7. The van der Waals surface area contributed by atoms with E-state index in [0.717, 1.165) is 12.1 Å². The number of halogens is 5. The number of benzene rings is 1. The molecule has 0 aliphatic carbocycles. The standard InChI is InChI=1S/C11H4BrF4NO3/c12-4-1-2-5(6(13)3-4)9-17-8(11(14,15)16)7(20-9)10(18)19/h1-3H,(H,18,19). The van der Waals surface area contributed by atoms with Crippen LogP contribution in [0.1, 0.15) is 16.2 Å². The second kappa shape index (κ2) is 4.89. The minimum absolute atomic E-state index is 0.361. The molecule has 0 aliphatic heterocycles. The number of aromatic nitrogens is 1. The number of rotatable bonds is 2. The molecule has 0 aliphatic rings. The third-order valence-electron chi connectivity index (χ3n) is 2.25. The van der Waals surface area contributed by atoms with Crippen LogP contribution in [0.5, 0.6) is 0 Å². The third kappa shape index (κ3) is 2.67. The van der Waals surface area contributed by atoms with Crippen LogP contribution >= 0.6 is 15.9 Å². The molecule has 4 nitrogen and oxygen atoms in total. The number of nitrogens with zero attached hydrogens (tertiary/aromatic N) is 1. The molecule has 1 aromatic carbocycles. The molecule has 9 heteroatoms. The van der Waals surface area contributed by atoms with E-state index in [1.165, 1.54) is 6.07 Å². The minimum Gasteiger partial charge on any atom is -0.475 e. The molecule has 0 fully saturated rings. The summed E-state index contributed by atoms with van der Waals surface area (Å²) in [7, 11) is 0. The van der Waals surface area contributed by atoms with Gasteiger partial charge in [-0.05, 0) is 18.2 Å². The van der Waals surface area contributed by atoms with Crippen LogP contribution in [0.4, 0.5) is 17.6 Å². The average molecular weight is 354 g/mol. The van der Waals surface area contributed by atoms with Crippen molar-refractivity contribution in [2.45, 2.75) is 6.18 Å². The largest absolute Gasteiger partial charge is 0.475 e. The van der Waals surface area contributed by atoms with Gasteiger partial charge in [0.1, 0.15) is 5.82 Å². The molecule has 1 N–H and O–H groups in total. The van der Waals surface area contributed by atoms with Crippen LogP contribution in [0.25, 0.3) is 11.5 Å². The summed E-state index contributed by atoms with van der Waals surface area (Å²) < 4.78 is 56.3. The van der Waals surface area contributed by atoms with Gasteiger partial charge in [0.05, 0.1) is 5.56 Å². The Balaban J connectivity index is 2.62. The predicted octanol–water partition coefficient (Wildman–Crippen LogP) is 3.96. The number of carboxylic acid groups (broad SMARTS) is 1. The van der Waals surface area contributed by atoms with Gasteiger partial charge in [-0.1, -0.05) is 15.9 Å². The summed E-state index contributed by atoms with van der Waals surface area (Å²) in [5.41, 5.74) is -2.08. The summed E-state index contributed by atoms with van der Waals surface area (Å²) in [5.74, 6) is -4.96. The van der Waals surface area contributed by atoms with E-state index < -0.39 is 35.3 Å². The molecule has 0 bridgehead atoms. The van der Waals surface area contributed by atoms with Gasteiger partial charge >= 0.3 is 12.1 Å². The zero-order valence-electron chi connectivity index (χ0n) is 9.33. The van der Waals surface area contributed by atoms with Crippen molar-refractivity contribution in [3.63, 3.8) is 0 Å². The zero-order valence-corrected chi connectivity index (χ0v) is 10.9. The number of carboxylic acids is 1. The van der Waals surface area contributed by atoms with E-state index in [4.69, 9.17) is 5.11 Å². The van der Waals surface area contributed by atoms with Gasteiger partial charge in [0.25, 0.3) is 0 Å². The van der Waals surface area contributed by atoms with Crippen molar-refractivity contribution < 1.29 is 31.9 Å². The van der Waals surface area contributed by atoms with Crippen LogP contribution in [0.2, 0.25) is 0 Å². The van der Waals surface area contributed by atoms with Crippen LogP contribution in [0, 0.1) is 5.82 Å². The molecule has 20 heavy (non-hydrogen) atoms. The molecule has 0 atom stereocenters. The Morgan fingerprint density at radius 1 is 1.35 bits per heavy atom. The molecule has 2 aromatic rings. The number of aromatic carboxylic acids is 1. The number of oxazole rings is 1. The number of alkyl halides is 3. The zero-order chi connectivity index (χ0) is 15.1. The lowest BCUT2D eigenvalue weighted by molar-refractivity contribution is -0.141. The van der Waals surface area contributed by atoms with Gasteiger partial charge in [0, 0.05) is 4.47 Å². The monoisotopic (exact) mass is 353 g/mol. The van der Waals surface area contributed by atoms with E-state index in [0.29, 0.717) is 4.47 Å². The Kier molecular flexibility index (Phi) is 3.55. The molecule has 0 spiro atoms. The highest BCUT2D eigenvalue weighted by molar-refractivity contribution is 9.10. The molecule has 0 saturated carbocycles. The topological polar surface area (TPSA) is 63.3 Å². The van der Waals surface area contributed by atoms with Crippen LogP contribution < -0.4 is 0 Å². The average Bonchev–Trinajstić information content (AvgIpc) is 2.73. The minimum atomic E-state index is -5.01. The molecule has 1 aromatic heterocycles. The summed E-state index contributed by atoms with van der Waals surface area (Å²) in [4.78, 5) is 13.8. The Bertz CT molecular complexity index is 681. The van der Waals surface area contributed by atoms with Crippen molar-refractivity contribution in [2.24, 2.45) is 0 Å². The van der Waals surface area contributed by atoms with E-state index in [2.05, 4.69) is 25.3 Å². The number of hydrogen-bond acceptors (Lipinski definition) is 3. The molecular formula is C11H4BrF4NO3. The highest BCUT2D eigenvalue weighted by Crippen LogP contribution is 2.35. The molecule has 0 amide bonds. The van der Waals surface area contributed by atoms with Crippen molar-refractivity contribution in [3.05, 3.63) is 39.9 Å². The van der Waals surface area contributed by atoms with Crippen molar-refractivity contribution in [1.82, 2.24) is 4.98 Å². The lowest BCUT2D eigenvalue weighted by Crippen LogP contribution is -2.11. The fourth-order valence-electron chi connectivity index (χ4n) is 1.44. The maximum Gasteiger partial charge on any atom is 0.437 e. The smallest absolute Gasteiger partial charge is 0.437 e. The Hall–Kier alpha value is -1.90. The second-order valence-electron chi connectivity index (χ2n) is 3.62.